The minimum atomic E-state index is -3.13. The van der Waals surface area contributed by atoms with Gasteiger partial charge in [-0.3, -0.25) is 0 Å². The molecule has 0 unspecified atom stereocenters. The Bertz CT molecular complexity index is 647. The fourth-order valence-electron chi connectivity index (χ4n) is 3.52. The maximum atomic E-state index is 12.9. The van der Waals surface area contributed by atoms with Gasteiger partial charge in [0, 0.05) is 25.2 Å². The Morgan fingerprint density at radius 1 is 1.05 bits per heavy atom. The van der Waals surface area contributed by atoms with Crippen molar-refractivity contribution >= 4 is 16.0 Å². The molecule has 1 aromatic heterocycles. The summed E-state index contributed by atoms with van der Waals surface area (Å²) in [6.45, 7) is 1.30. The van der Waals surface area contributed by atoms with Gasteiger partial charge in [0.15, 0.2) is 5.82 Å². The van der Waals surface area contributed by atoms with Crippen LogP contribution in [-0.2, 0) is 10.0 Å². The average Bonchev–Trinajstić information content (AvgIpc) is 3.11. The van der Waals surface area contributed by atoms with Crippen LogP contribution >= 0.6 is 0 Å². The average molecular weight is 312 g/mol. The van der Waals surface area contributed by atoms with Crippen LogP contribution in [-0.4, -0.2) is 53.1 Å². The van der Waals surface area contributed by atoms with Gasteiger partial charge >= 0.3 is 0 Å². The van der Waals surface area contributed by atoms with Gasteiger partial charge in [0.05, 0.1) is 17.6 Å². The highest BCUT2D eigenvalue weighted by molar-refractivity contribution is 7.90. The summed E-state index contributed by atoms with van der Waals surface area (Å²) in [6, 6.07) is 0.133. The van der Waals surface area contributed by atoms with E-state index in [9.17, 15) is 12.8 Å². The Morgan fingerprint density at radius 3 is 2.38 bits per heavy atom. The summed E-state index contributed by atoms with van der Waals surface area (Å²) in [5, 5.41) is -0.160. The Kier molecular flexibility index (Phi) is 2.94. The SMILES string of the molecule is O=S(=O)(C1CC1)N1CC[C@H]2[C@H]1CCN2c1ncc(F)cn1. The van der Waals surface area contributed by atoms with Crippen molar-refractivity contribution in [2.24, 2.45) is 0 Å². The number of hydrogen-bond acceptors (Lipinski definition) is 5. The molecule has 0 amide bonds. The lowest BCUT2D eigenvalue weighted by Crippen LogP contribution is -2.41. The molecular weight excluding hydrogens is 295 g/mol. The maximum Gasteiger partial charge on any atom is 0.225 e. The number of aromatic nitrogens is 2. The van der Waals surface area contributed by atoms with Gasteiger partial charge in [-0.1, -0.05) is 0 Å². The number of fused-ring (bicyclic) bond motifs is 1. The third kappa shape index (κ3) is 2.12. The molecule has 4 rings (SSSR count). The molecule has 3 fully saturated rings. The molecule has 2 saturated heterocycles. The Hall–Kier alpha value is -1.28. The van der Waals surface area contributed by atoms with E-state index in [1.54, 1.807) is 4.31 Å². The lowest BCUT2D eigenvalue weighted by atomic mass is 10.1. The number of rotatable bonds is 3. The van der Waals surface area contributed by atoms with Gasteiger partial charge < -0.3 is 4.90 Å². The first-order valence-electron chi connectivity index (χ1n) is 7.32. The van der Waals surface area contributed by atoms with Gasteiger partial charge in [0.2, 0.25) is 16.0 Å². The lowest BCUT2D eigenvalue weighted by Gasteiger charge is -2.25. The third-order valence-corrected chi connectivity index (χ3v) is 7.08. The molecule has 3 heterocycles. The van der Waals surface area contributed by atoms with E-state index >= 15 is 0 Å². The molecule has 0 bridgehead atoms. The fourth-order valence-corrected chi connectivity index (χ4v) is 5.62. The van der Waals surface area contributed by atoms with E-state index in [0.717, 1.165) is 44.6 Å². The molecule has 1 aromatic rings. The Labute approximate surface area is 123 Å². The molecule has 6 nitrogen and oxygen atoms in total. The normalized spacial score (nSPS) is 29.9. The predicted octanol–water partition coefficient (Wildman–Crippen LogP) is 0.761. The van der Waals surface area contributed by atoms with Gasteiger partial charge in [-0.25, -0.2) is 22.8 Å². The van der Waals surface area contributed by atoms with Gasteiger partial charge in [0.1, 0.15) is 0 Å². The van der Waals surface area contributed by atoms with E-state index in [2.05, 4.69) is 9.97 Å². The largest absolute Gasteiger partial charge is 0.336 e. The molecule has 114 valence electrons. The van der Waals surface area contributed by atoms with Crippen molar-refractivity contribution in [3.8, 4) is 0 Å². The second kappa shape index (κ2) is 4.61. The van der Waals surface area contributed by atoms with Crippen molar-refractivity contribution < 1.29 is 12.8 Å². The molecular formula is C13H17FN4O2S. The Balaban J connectivity index is 1.57. The van der Waals surface area contributed by atoms with Crippen molar-refractivity contribution in [3.63, 3.8) is 0 Å². The topological polar surface area (TPSA) is 66.4 Å². The van der Waals surface area contributed by atoms with Crippen molar-refractivity contribution in [3.05, 3.63) is 18.2 Å². The van der Waals surface area contributed by atoms with Crippen LogP contribution in [0.5, 0.6) is 0 Å². The van der Waals surface area contributed by atoms with Gasteiger partial charge in [-0.2, -0.15) is 4.31 Å². The van der Waals surface area contributed by atoms with E-state index < -0.39 is 15.8 Å². The van der Waals surface area contributed by atoms with Crippen LogP contribution in [0, 0.1) is 5.82 Å². The first-order valence-corrected chi connectivity index (χ1v) is 8.82. The number of halogens is 1. The molecule has 0 N–H and O–H groups in total. The molecule has 0 spiro atoms. The lowest BCUT2D eigenvalue weighted by molar-refractivity contribution is 0.387. The van der Waals surface area contributed by atoms with Crippen molar-refractivity contribution in [1.29, 1.82) is 0 Å². The zero-order valence-corrected chi connectivity index (χ0v) is 12.3. The summed E-state index contributed by atoms with van der Waals surface area (Å²) in [7, 11) is -3.13. The first-order chi connectivity index (χ1) is 10.1. The van der Waals surface area contributed by atoms with Crippen LogP contribution in [0.2, 0.25) is 0 Å². The number of sulfonamides is 1. The zero-order chi connectivity index (χ0) is 14.6. The minimum absolute atomic E-state index is 0.0178. The monoisotopic (exact) mass is 312 g/mol. The molecule has 21 heavy (non-hydrogen) atoms. The number of nitrogens with zero attached hydrogens (tertiary/aromatic N) is 4. The van der Waals surface area contributed by atoms with Crippen LogP contribution in [0.25, 0.3) is 0 Å². The van der Waals surface area contributed by atoms with Crippen LogP contribution in [0.4, 0.5) is 10.3 Å². The zero-order valence-electron chi connectivity index (χ0n) is 11.5. The maximum absolute atomic E-state index is 12.9. The molecule has 1 aliphatic carbocycles. The summed E-state index contributed by atoms with van der Waals surface area (Å²) < 4.78 is 39.5. The number of hydrogen-bond donors (Lipinski definition) is 0. The molecule has 2 atom stereocenters. The minimum Gasteiger partial charge on any atom is -0.336 e. The van der Waals surface area contributed by atoms with Gasteiger partial charge in [-0.15, -0.1) is 0 Å². The van der Waals surface area contributed by atoms with Crippen LogP contribution in [0.15, 0.2) is 12.4 Å². The summed E-state index contributed by atoms with van der Waals surface area (Å²) in [6.07, 6.45) is 5.48. The fraction of sp³-hybridized carbons (Fsp3) is 0.692. The van der Waals surface area contributed by atoms with Crippen LogP contribution in [0.3, 0.4) is 0 Å². The van der Waals surface area contributed by atoms with Crippen molar-refractivity contribution in [1.82, 2.24) is 14.3 Å². The highest BCUT2D eigenvalue weighted by Crippen LogP contribution is 2.40. The summed E-state index contributed by atoms with van der Waals surface area (Å²) in [4.78, 5) is 10.1. The van der Waals surface area contributed by atoms with Crippen molar-refractivity contribution in [2.75, 3.05) is 18.0 Å². The first kappa shape index (κ1) is 13.4. The predicted molar refractivity (Wildman–Crippen MR) is 74.8 cm³/mol. The van der Waals surface area contributed by atoms with E-state index in [-0.39, 0.29) is 17.3 Å². The van der Waals surface area contributed by atoms with E-state index in [0.29, 0.717) is 12.5 Å². The Morgan fingerprint density at radius 2 is 1.71 bits per heavy atom. The van der Waals surface area contributed by atoms with E-state index in [1.807, 2.05) is 4.90 Å². The second-order valence-electron chi connectivity index (χ2n) is 5.96. The summed E-state index contributed by atoms with van der Waals surface area (Å²) >= 11 is 0. The molecule has 0 aromatic carbocycles. The van der Waals surface area contributed by atoms with E-state index in [4.69, 9.17) is 0 Å². The molecule has 2 aliphatic heterocycles. The van der Waals surface area contributed by atoms with Gasteiger partial charge in [-0.05, 0) is 25.7 Å². The second-order valence-corrected chi connectivity index (χ2v) is 8.13. The summed E-state index contributed by atoms with van der Waals surface area (Å²) in [5.41, 5.74) is 0. The highest BCUT2D eigenvalue weighted by Gasteiger charge is 2.51. The smallest absolute Gasteiger partial charge is 0.225 e. The molecule has 1 saturated carbocycles. The summed E-state index contributed by atoms with van der Waals surface area (Å²) in [5.74, 6) is 0.0356. The van der Waals surface area contributed by atoms with Crippen LogP contribution < -0.4 is 4.90 Å². The quantitative estimate of drug-likeness (QED) is 0.824. The third-order valence-electron chi connectivity index (χ3n) is 4.66. The van der Waals surface area contributed by atoms with Crippen molar-refractivity contribution in [2.45, 2.75) is 43.0 Å². The van der Waals surface area contributed by atoms with Crippen LogP contribution in [0.1, 0.15) is 25.7 Å². The van der Waals surface area contributed by atoms with Gasteiger partial charge in [0.25, 0.3) is 0 Å². The molecule has 8 heteroatoms. The van der Waals surface area contributed by atoms with E-state index in [1.165, 1.54) is 0 Å². The number of anilines is 1. The highest BCUT2D eigenvalue weighted by atomic mass is 32.2. The standard InChI is InChI=1S/C13H17FN4O2S/c14-9-7-15-13(16-8-9)17-5-3-12-11(17)4-6-18(12)21(19,20)10-1-2-10/h7-8,10-12H,1-6H2/t11-,12+/m0/s1. The molecule has 0 radical (unpaired) electrons. The molecule has 3 aliphatic rings.